The molecule has 2 saturated heterocycles. The number of carbonyl (C=O) groups is 1. The molecular formula is C19H28N5O8P. The Hall–Kier alpha value is -2.12. The summed E-state index contributed by atoms with van der Waals surface area (Å²) in [6, 6.07) is 0.769. The number of nitrogens with one attached hydrogen (secondary N) is 1. The van der Waals surface area contributed by atoms with Gasteiger partial charge in [-0.2, -0.15) is 0 Å². The Morgan fingerprint density at radius 1 is 1.39 bits per heavy atom. The third-order valence-electron chi connectivity index (χ3n) is 5.45. The van der Waals surface area contributed by atoms with Gasteiger partial charge in [-0.15, -0.1) is 0 Å². The van der Waals surface area contributed by atoms with E-state index in [0.717, 1.165) is 0 Å². The smallest absolute Gasteiger partial charge is 0.408 e. The molecule has 182 valence electrons. The van der Waals surface area contributed by atoms with Crippen molar-refractivity contribution in [2.75, 3.05) is 19.1 Å². The highest BCUT2D eigenvalue weighted by Gasteiger charge is 2.56. The average Bonchev–Trinajstić information content (AvgIpc) is 3.24. The van der Waals surface area contributed by atoms with Crippen LogP contribution in [-0.2, 0) is 32.6 Å². The number of hydrogen-bond acceptors (Lipinski definition) is 11. The number of aromatic nitrogens is 3. The lowest BCUT2D eigenvalue weighted by Crippen LogP contribution is -2.47. The van der Waals surface area contributed by atoms with Crippen LogP contribution in [0.15, 0.2) is 18.6 Å². The molecule has 0 radical (unpaired) electrons. The molecule has 0 amide bonds. The van der Waals surface area contributed by atoms with Crippen molar-refractivity contribution in [2.24, 2.45) is 0 Å². The van der Waals surface area contributed by atoms with Gasteiger partial charge in [0.05, 0.1) is 18.1 Å². The molecule has 13 nitrogen and oxygen atoms in total. The zero-order valence-corrected chi connectivity index (χ0v) is 19.6. The summed E-state index contributed by atoms with van der Waals surface area (Å²) in [5.41, 5.74) is 4.87. The fourth-order valence-corrected chi connectivity index (χ4v) is 5.25. The van der Waals surface area contributed by atoms with Crippen LogP contribution >= 0.6 is 7.75 Å². The highest BCUT2D eigenvalue weighted by Crippen LogP contribution is 2.49. The molecule has 33 heavy (non-hydrogen) atoms. The second-order valence-corrected chi connectivity index (χ2v) is 10.2. The highest BCUT2D eigenvalue weighted by atomic mass is 31.2. The van der Waals surface area contributed by atoms with Crippen molar-refractivity contribution in [1.29, 1.82) is 0 Å². The van der Waals surface area contributed by atoms with Gasteiger partial charge in [-0.05, 0) is 33.8 Å². The van der Waals surface area contributed by atoms with E-state index in [1.807, 2.05) is 0 Å². The Balaban J connectivity index is 1.51. The maximum absolute atomic E-state index is 13.1. The van der Waals surface area contributed by atoms with Crippen LogP contribution in [0.5, 0.6) is 0 Å². The maximum atomic E-state index is 13.1. The van der Waals surface area contributed by atoms with E-state index >= 15 is 0 Å². The molecule has 14 heteroatoms. The quantitative estimate of drug-likeness (QED) is 0.408. The zero-order chi connectivity index (χ0) is 24.0. The molecule has 0 saturated carbocycles. The Kier molecular flexibility index (Phi) is 6.49. The van der Waals surface area contributed by atoms with Gasteiger partial charge in [0.15, 0.2) is 13.0 Å². The number of nitrogen functional groups attached to an aromatic ring is 1. The minimum atomic E-state index is -3.94. The Bertz CT molecular complexity index is 1080. The van der Waals surface area contributed by atoms with Gasteiger partial charge in [-0.25, -0.2) is 19.6 Å². The molecule has 2 aromatic rings. The summed E-state index contributed by atoms with van der Waals surface area (Å²) >= 11 is 0. The normalized spacial score (nSPS) is 33.5. The molecule has 2 aliphatic heterocycles. The lowest BCUT2D eigenvalue weighted by Gasteiger charge is -2.32. The van der Waals surface area contributed by atoms with Crippen molar-refractivity contribution >= 4 is 30.6 Å². The van der Waals surface area contributed by atoms with Gasteiger partial charge in [0.1, 0.15) is 41.6 Å². The number of nitrogens with two attached hydrogens (primary N) is 1. The lowest BCUT2D eigenvalue weighted by atomic mass is 9.96. The van der Waals surface area contributed by atoms with E-state index in [9.17, 15) is 14.5 Å². The largest absolute Gasteiger partial charge is 0.462 e. The number of carbonyl (C=O) groups excluding carboxylic acids is 1. The highest BCUT2D eigenvalue weighted by molar-refractivity contribution is 7.51. The predicted octanol–water partition coefficient (Wildman–Crippen LogP) is 1.09. The van der Waals surface area contributed by atoms with Crippen LogP contribution in [0.4, 0.5) is 5.82 Å². The molecule has 0 bridgehead atoms. The van der Waals surface area contributed by atoms with Crippen LogP contribution in [0, 0.1) is 0 Å². The van der Waals surface area contributed by atoms with Crippen molar-refractivity contribution in [3.63, 3.8) is 0 Å². The van der Waals surface area contributed by atoms with E-state index in [0.29, 0.717) is 16.9 Å². The van der Waals surface area contributed by atoms with Gasteiger partial charge >= 0.3 is 13.7 Å². The molecular weight excluding hydrogens is 457 g/mol. The van der Waals surface area contributed by atoms with Gasteiger partial charge in [0.2, 0.25) is 0 Å². The summed E-state index contributed by atoms with van der Waals surface area (Å²) in [6.45, 7) is 5.75. The number of esters is 1. The van der Waals surface area contributed by atoms with E-state index in [4.69, 9.17) is 29.0 Å². The number of fused-ring (bicyclic) bond motifs is 2. The van der Waals surface area contributed by atoms with Gasteiger partial charge in [-0.3, -0.25) is 13.8 Å². The fourth-order valence-electron chi connectivity index (χ4n) is 3.90. The zero-order valence-electron chi connectivity index (χ0n) is 18.7. The van der Waals surface area contributed by atoms with E-state index in [-0.39, 0.29) is 12.7 Å². The van der Waals surface area contributed by atoms with Crippen LogP contribution in [0.25, 0.3) is 11.0 Å². The standard InChI is InChI=1S/C19H28N5O8P/c1-10(2)31-17(25)11(3)23-33(27)29-7-13-14(28-9-30-33)19(4,26)18(32-13)24-6-5-12-15(20)21-8-22-16(12)24/h5-6,8,10-11,13-14,18,26H,7,9H2,1-4H3,(H,23,27)(H2,20,21,22)/t11-,13+,14?,18+,19-,33?/m0/s1. The van der Waals surface area contributed by atoms with Crippen molar-refractivity contribution in [3.8, 4) is 0 Å². The van der Waals surface area contributed by atoms with Crippen LogP contribution in [0.1, 0.15) is 33.9 Å². The Labute approximate surface area is 190 Å². The first-order valence-electron chi connectivity index (χ1n) is 10.5. The second-order valence-electron chi connectivity index (χ2n) is 8.44. The first kappa shape index (κ1) is 24.0. The molecule has 0 aliphatic carbocycles. The number of aliphatic hydroxyl groups is 1. The molecule has 0 spiro atoms. The number of rotatable bonds is 5. The molecule has 4 heterocycles. The second kappa shape index (κ2) is 8.91. The monoisotopic (exact) mass is 485 g/mol. The first-order valence-corrected chi connectivity index (χ1v) is 12.0. The number of hydrogen-bond donors (Lipinski definition) is 3. The SMILES string of the molecule is CC(C)OC(=O)[C@H](C)NP1(=O)OCOC2[C@@H](CO1)O[C@@H](n1ccc3c(N)ncnc31)[C@@]2(C)O. The van der Waals surface area contributed by atoms with Crippen LogP contribution in [-0.4, -0.2) is 69.0 Å². The van der Waals surface area contributed by atoms with E-state index in [1.54, 1.807) is 37.6 Å². The average molecular weight is 485 g/mol. The van der Waals surface area contributed by atoms with Crippen LogP contribution < -0.4 is 10.8 Å². The van der Waals surface area contributed by atoms with Gasteiger partial charge in [0, 0.05) is 6.20 Å². The summed E-state index contributed by atoms with van der Waals surface area (Å²) in [5, 5.41) is 14.4. The molecule has 2 unspecified atom stereocenters. The summed E-state index contributed by atoms with van der Waals surface area (Å²) in [6.07, 6.45) is 0.104. The van der Waals surface area contributed by atoms with Crippen LogP contribution in [0.2, 0.25) is 0 Å². The Morgan fingerprint density at radius 2 is 2.15 bits per heavy atom. The minimum Gasteiger partial charge on any atom is -0.462 e. The van der Waals surface area contributed by atoms with Gasteiger partial charge in [-0.1, -0.05) is 0 Å². The molecule has 4 N–H and O–H groups in total. The van der Waals surface area contributed by atoms with E-state index in [1.165, 1.54) is 13.3 Å². The van der Waals surface area contributed by atoms with Gasteiger partial charge in [0.25, 0.3) is 0 Å². The molecule has 2 aromatic heterocycles. The summed E-state index contributed by atoms with van der Waals surface area (Å²) in [4.78, 5) is 20.3. The first-order chi connectivity index (χ1) is 15.5. The van der Waals surface area contributed by atoms with E-state index < -0.39 is 50.6 Å². The van der Waals surface area contributed by atoms with Crippen LogP contribution in [0.3, 0.4) is 0 Å². The topological polar surface area (TPSA) is 169 Å². The van der Waals surface area contributed by atoms with Crippen molar-refractivity contribution in [1.82, 2.24) is 19.6 Å². The lowest BCUT2D eigenvalue weighted by molar-refractivity contribution is -0.150. The minimum absolute atomic E-state index is 0.232. The third kappa shape index (κ3) is 4.62. The van der Waals surface area contributed by atoms with Gasteiger partial charge < -0.3 is 29.6 Å². The third-order valence-corrected chi connectivity index (χ3v) is 7.08. The molecule has 2 aliphatic rings. The van der Waals surface area contributed by atoms with Crippen molar-refractivity contribution in [3.05, 3.63) is 18.6 Å². The molecule has 6 atom stereocenters. The van der Waals surface area contributed by atoms with E-state index in [2.05, 4.69) is 15.1 Å². The number of ether oxygens (including phenoxy) is 3. The Morgan fingerprint density at radius 3 is 2.88 bits per heavy atom. The predicted molar refractivity (Wildman–Crippen MR) is 115 cm³/mol. The summed E-state index contributed by atoms with van der Waals surface area (Å²) in [7, 11) is -3.94. The molecule has 2 fully saturated rings. The molecule has 0 aromatic carbocycles. The fraction of sp³-hybridized carbons (Fsp3) is 0.632. The summed E-state index contributed by atoms with van der Waals surface area (Å²) in [5.74, 6) is -0.304. The van der Waals surface area contributed by atoms with Crippen molar-refractivity contribution < 1.29 is 37.7 Å². The maximum Gasteiger partial charge on any atom is 0.408 e. The van der Waals surface area contributed by atoms with Crippen molar-refractivity contribution in [2.45, 2.75) is 63.9 Å². The number of anilines is 1. The summed E-state index contributed by atoms with van der Waals surface area (Å²) < 4.78 is 42.4. The number of nitrogens with zero attached hydrogens (tertiary/aromatic N) is 3. The molecule has 4 rings (SSSR count).